The summed E-state index contributed by atoms with van der Waals surface area (Å²) in [6.07, 6.45) is 3.02. The number of aromatic nitrogens is 3. The number of hydrogen-bond donors (Lipinski definition) is 2. The first-order valence-electron chi connectivity index (χ1n) is 10.5. The van der Waals surface area contributed by atoms with Crippen LogP contribution in [0.15, 0.2) is 59.9 Å². The van der Waals surface area contributed by atoms with Crippen LogP contribution < -0.4 is 15.2 Å². The largest absolute Gasteiger partial charge is 0.495 e. The number of nitrogens with two attached hydrogens (primary N) is 1. The van der Waals surface area contributed by atoms with E-state index in [1.165, 1.54) is 49.8 Å². The van der Waals surface area contributed by atoms with Gasteiger partial charge in [0.05, 0.1) is 40.3 Å². The van der Waals surface area contributed by atoms with Gasteiger partial charge in [0.25, 0.3) is 10.0 Å². The van der Waals surface area contributed by atoms with Crippen LogP contribution in [-0.2, 0) is 10.0 Å². The maximum atomic E-state index is 13.5. The van der Waals surface area contributed by atoms with Crippen LogP contribution in [0, 0.1) is 11.3 Å². The van der Waals surface area contributed by atoms with E-state index >= 15 is 0 Å². The number of nitrogens with one attached hydrogen (secondary N) is 1. The van der Waals surface area contributed by atoms with Crippen molar-refractivity contribution in [1.29, 1.82) is 5.26 Å². The van der Waals surface area contributed by atoms with Gasteiger partial charge in [0, 0.05) is 17.8 Å². The second-order valence-corrected chi connectivity index (χ2v) is 9.67. The van der Waals surface area contributed by atoms with Gasteiger partial charge in [-0.15, -0.1) is 0 Å². The third-order valence-corrected chi connectivity index (χ3v) is 6.82. The standard InChI is InChI=1S/C24H22N6O4S/c1-14(2)30-12-18(21-23(26)27-13-28-24(21)30)22(31)16-6-9-20(34-3)19(10-16)29-35(32,33)17-7-4-15(11-25)5-8-17/h4-10,12-14,29H,1-3H3,(H2,26,27,28). The zero-order valence-electron chi connectivity index (χ0n) is 19.2. The smallest absolute Gasteiger partial charge is 0.262 e. The Hall–Kier alpha value is -4.43. The summed E-state index contributed by atoms with van der Waals surface area (Å²) < 4.78 is 35.5. The van der Waals surface area contributed by atoms with Gasteiger partial charge in [-0.2, -0.15) is 5.26 Å². The molecule has 0 unspecified atom stereocenters. The Morgan fingerprint density at radius 3 is 2.51 bits per heavy atom. The fourth-order valence-corrected chi connectivity index (χ4v) is 4.73. The molecule has 10 nitrogen and oxygen atoms in total. The average Bonchev–Trinajstić information content (AvgIpc) is 3.25. The average molecular weight is 491 g/mol. The Morgan fingerprint density at radius 2 is 1.89 bits per heavy atom. The van der Waals surface area contributed by atoms with Crippen LogP contribution in [0.5, 0.6) is 5.75 Å². The normalized spacial score (nSPS) is 11.4. The van der Waals surface area contributed by atoms with Crippen molar-refractivity contribution in [1.82, 2.24) is 14.5 Å². The number of carbonyl (C=O) groups excluding carboxylic acids is 1. The molecule has 11 heteroatoms. The van der Waals surface area contributed by atoms with Gasteiger partial charge in [-0.1, -0.05) is 0 Å². The highest BCUT2D eigenvalue weighted by Gasteiger charge is 2.23. The summed E-state index contributed by atoms with van der Waals surface area (Å²) in [5.74, 6) is 0.0246. The molecule has 3 N–H and O–H groups in total. The molecule has 35 heavy (non-hydrogen) atoms. The number of nitriles is 1. The van der Waals surface area contributed by atoms with E-state index in [0.29, 0.717) is 22.2 Å². The highest BCUT2D eigenvalue weighted by Crippen LogP contribution is 2.32. The van der Waals surface area contributed by atoms with Gasteiger partial charge >= 0.3 is 0 Å². The lowest BCUT2D eigenvalue weighted by Gasteiger charge is -2.13. The minimum absolute atomic E-state index is 0.0130. The van der Waals surface area contributed by atoms with Crippen molar-refractivity contribution in [2.75, 3.05) is 17.6 Å². The number of sulfonamides is 1. The highest BCUT2D eigenvalue weighted by atomic mass is 32.2. The molecule has 0 bridgehead atoms. The minimum atomic E-state index is -4.02. The van der Waals surface area contributed by atoms with E-state index in [2.05, 4.69) is 14.7 Å². The Bertz CT molecular complexity index is 1590. The van der Waals surface area contributed by atoms with Crippen LogP contribution in [0.2, 0.25) is 0 Å². The molecule has 0 aliphatic heterocycles. The van der Waals surface area contributed by atoms with Crippen molar-refractivity contribution in [3.05, 3.63) is 71.7 Å². The second-order valence-electron chi connectivity index (χ2n) is 7.99. The maximum Gasteiger partial charge on any atom is 0.262 e. The molecule has 0 aliphatic carbocycles. The third-order valence-electron chi connectivity index (χ3n) is 5.44. The van der Waals surface area contributed by atoms with Crippen molar-refractivity contribution < 1.29 is 17.9 Å². The topological polar surface area (TPSA) is 153 Å². The van der Waals surface area contributed by atoms with Gasteiger partial charge < -0.3 is 15.0 Å². The number of nitrogen functional groups attached to an aromatic ring is 1. The van der Waals surface area contributed by atoms with Crippen molar-refractivity contribution in [2.45, 2.75) is 24.8 Å². The predicted molar refractivity (Wildman–Crippen MR) is 131 cm³/mol. The number of ketones is 1. The molecule has 0 atom stereocenters. The summed E-state index contributed by atoms with van der Waals surface area (Å²) >= 11 is 0. The summed E-state index contributed by atoms with van der Waals surface area (Å²) in [6, 6.07) is 11.9. The lowest BCUT2D eigenvalue weighted by molar-refractivity contribution is 0.104. The van der Waals surface area contributed by atoms with E-state index in [4.69, 9.17) is 15.7 Å². The number of fused-ring (bicyclic) bond motifs is 1. The molecular formula is C24H22N6O4S. The molecule has 0 fully saturated rings. The van der Waals surface area contributed by atoms with Crippen LogP contribution in [0.4, 0.5) is 11.5 Å². The molecule has 0 amide bonds. The SMILES string of the molecule is COc1ccc(C(=O)c2cn(C(C)C)c3ncnc(N)c23)cc1NS(=O)(=O)c1ccc(C#N)cc1. The lowest BCUT2D eigenvalue weighted by Crippen LogP contribution is -2.14. The van der Waals surface area contributed by atoms with Crippen LogP contribution in [0.25, 0.3) is 11.0 Å². The first-order chi connectivity index (χ1) is 16.7. The summed E-state index contributed by atoms with van der Waals surface area (Å²) in [4.78, 5) is 21.8. The van der Waals surface area contributed by atoms with E-state index in [1.807, 2.05) is 24.5 Å². The zero-order valence-corrected chi connectivity index (χ0v) is 20.0. The summed E-state index contributed by atoms with van der Waals surface area (Å²) in [5, 5.41) is 9.38. The summed E-state index contributed by atoms with van der Waals surface area (Å²) in [5.41, 5.74) is 7.55. The van der Waals surface area contributed by atoms with E-state index in [1.54, 1.807) is 12.3 Å². The summed E-state index contributed by atoms with van der Waals surface area (Å²) in [6.45, 7) is 3.91. The van der Waals surface area contributed by atoms with Crippen LogP contribution >= 0.6 is 0 Å². The Kier molecular flexibility index (Phi) is 6.15. The van der Waals surface area contributed by atoms with Crippen molar-refractivity contribution in [3.8, 4) is 11.8 Å². The number of methoxy groups -OCH3 is 1. The second kappa shape index (κ2) is 9.08. The molecule has 0 saturated heterocycles. The van der Waals surface area contributed by atoms with Crippen LogP contribution in [0.3, 0.4) is 0 Å². The van der Waals surface area contributed by atoms with Gasteiger partial charge in [-0.25, -0.2) is 18.4 Å². The van der Waals surface area contributed by atoms with E-state index in [9.17, 15) is 13.2 Å². The molecule has 2 heterocycles. The van der Waals surface area contributed by atoms with Gasteiger partial charge in [0.2, 0.25) is 0 Å². The number of ether oxygens (including phenoxy) is 1. The van der Waals surface area contributed by atoms with Crippen LogP contribution in [0.1, 0.15) is 41.4 Å². The van der Waals surface area contributed by atoms with Gasteiger partial charge in [-0.05, 0) is 56.3 Å². The van der Waals surface area contributed by atoms with Crippen molar-refractivity contribution in [2.24, 2.45) is 0 Å². The number of anilines is 2. The number of rotatable bonds is 7. The number of hydrogen-bond acceptors (Lipinski definition) is 8. The molecule has 2 aromatic heterocycles. The maximum absolute atomic E-state index is 13.5. The van der Waals surface area contributed by atoms with Gasteiger partial charge in [0.1, 0.15) is 23.5 Å². The minimum Gasteiger partial charge on any atom is -0.495 e. The van der Waals surface area contributed by atoms with Gasteiger partial charge in [0.15, 0.2) is 5.78 Å². The third kappa shape index (κ3) is 4.39. The Balaban J connectivity index is 1.77. The van der Waals surface area contributed by atoms with Crippen molar-refractivity contribution in [3.63, 3.8) is 0 Å². The Labute approximate surface area is 202 Å². The van der Waals surface area contributed by atoms with Crippen LogP contribution in [-0.4, -0.2) is 35.8 Å². The van der Waals surface area contributed by atoms with Gasteiger partial charge in [-0.3, -0.25) is 9.52 Å². The van der Waals surface area contributed by atoms with Crippen molar-refractivity contribution >= 4 is 38.3 Å². The van der Waals surface area contributed by atoms with E-state index in [0.717, 1.165) is 0 Å². The fraction of sp³-hybridized carbons (Fsp3) is 0.167. The highest BCUT2D eigenvalue weighted by molar-refractivity contribution is 7.92. The van der Waals surface area contributed by atoms with E-state index < -0.39 is 10.0 Å². The molecule has 2 aromatic carbocycles. The Morgan fingerprint density at radius 1 is 1.17 bits per heavy atom. The quantitative estimate of drug-likeness (QED) is 0.373. The number of carbonyl (C=O) groups is 1. The molecular weight excluding hydrogens is 468 g/mol. The monoisotopic (exact) mass is 490 g/mol. The molecule has 0 aliphatic rings. The summed E-state index contributed by atoms with van der Waals surface area (Å²) in [7, 11) is -2.63. The molecule has 178 valence electrons. The van der Waals surface area contributed by atoms with E-state index in [-0.39, 0.29) is 39.5 Å². The zero-order chi connectivity index (χ0) is 25.3. The molecule has 4 rings (SSSR count). The number of benzene rings is 2. The molecule has 0 spiro atoms. The number of nitrogens with zero attached hydrogens (tertiary/aromatic N) is 4. The first kappa shape index (κ1) is 23.7. The molecule has 0 saturated carbocycles. The molecule has 0 radical (unpaired) electrons. The predicted octanol–water partition coefficient (Wildman–Crippen LogP) is 3.51. The molecule has 4 aromatic rings. The lowest BCUT2D eigenvalue weighted by atomic mass is 10.0. The fourth-order valence-electron chi connectivity index (χ4n) is 3.67. The first-order valence-corrected chi connectivity index (χ1v) is 12.0.